The van der Waals surface area contributed by atoms with E-state index in [-0.39, 0.29) is 5.96 Å². The summed E-state index contributed by atoms with van der Waals surface area (Å²) in [6.07, 6.45) is 0. The zero-order valence-corrected chi connectivity index (χ0v) is 17.6. The lowest BCUT2D eigenvalue weighted by Crippen LogP contribution is -2.50. The summed E-state index contributed by atoms with van der Waals surface area (Å²) in [5.74, 6) is -0.832. The Hall–Kier alpha value is -3.93. The van der Waals surface area contributed by atoms with Gasteiger partial charge in [-0.3, -0.25) is 11.2 Å². The summed E-state index contributed by atoms with van der Waals surface area (Å²) < 4.78 is 0. The van der Waals surface area contributed by atoms with E-state index in [2.05, 4.69) is 101 Å². The number of hydrogen-bond acceptors (Lipinski definition) is 5. The minimum Gasteiger partial charge on any atom is -0.369 e. The van der Waals surface area contributed by atoms with Crippen molar-refractivity contribution < 1.29 is 0 Å². The van der Waals surface area contributed by atoms with Crippen molar-refractivity contribution in [1.82, 2.24) is 10.9 Å². The minimum absolute atomic E-state index is 0.267. The van der Waals surface area contributed by atoms with Gasteiger partial charge in [-0.25, -0.2) is 4.99 Å². The van der Waals surface area contributed by atoms with Gasteiger partial charge < -0.3 is 5.73 Å². The van der Waals surface area contributed by atoms with Gasteiger partial charge in [0.25, 0.3) is 0 Å². The van der Waals surface area contributed by atoms with Crippen LogP contribution < -0.4 is 22.3 Å². The summed E-state index contributed by atoms with van der Waals surface area (Å²) in [5.41, 5.74) is 23.0. The van der Waals surface area contributed by atoms with Crippen molar-refractivity contribution in [1.29, 1.82) is 0 Å². The molecule has 0 fully saturated rings. The van der Waals surface area contributed by atoms with Crippen molar-refractivity contribution in [2.45, 2.75) is 11.2 Å². The number of nitrogens with zero attached hydrogens (tertiary/aromatic N) is 1. The van der Waals surface area contributed by atoms with Crippen molar-refractivity contribution >= 4 is 5.96 Å². The number of benzene rings is 4. The van der Waals surface area contributed by atoms with Crippen molar-refractivity contribution in [3.05, 3.63) is 143 Å². The van der Waals surface area contributed by atoms with Gasteiger partial charge in [-0.05, 0) is 22.3 Å². The smallest absolute Gasteiger partial charge is 0.209 e. The van der Waals surface area contributed by atoms with Gasteiger partial charge in [0.1, 0.15) is 0 Å². The lowest BCUT2D eigenvalue weighted by Gasteiger charge is -2.37. The zero-order valence-electron chi connectivity index (χ0n) is 17.6. The van der Waals surface area contributed by atoms with Gasteiger partial charge in [-0.15, -0.1) is 0 Å². The Kier molecular flexibility index (Phi) is 4.98. The maximum absolute atomic E-state index is 6.42. The molecule has 1 aliphatic rings. The average molecular weight is 420 g/mol. The topological polar surface area (TPSA) is 88.5 Å². The van der Waals surface area contributed by atoms with Gasteiger partial charge in [-0.1, -0.05) is 115 Å². The highest BCUT2D eigenvalue weighted by Gasteiger charge is 2.39. The highest BCUT2D eigenvalue weighted by Crippen LogP contribution is 2.45. The maximum Gasteiger partial charge on any atom is 0.209 e. The molecule has 1 atom stereocenters. The van der Waals surface area contributed by atoms with Gasteiger partial charge in [0.2, 0.25) is 11.7 Å². The summed E-state index contributed by atoms with van der Waals surface area (Å²) >= 11 is 0. The SMILES string of the molecule is NC1=NC(N)(c2ccc(C(c3ccccc3)(c3ccccc3)c3ccccc3)cc2)NN1. The first-order chi connectivity index (χ1) is 15.6. The Morgan fingerprint density at radius 3 is 1.38 bits per heavy atom. The molecule has 0 saturated carbocycles. The highest BCUT2D eigenvalue weighted by molar-refractivity contribution is 5.79. The molecule has 5 nitrogen and oxygen atoms in total. The second-order valence-corrected chi connectivity index (χ2v) is 7.94. The fourth-order valence-electron chi connectivity index (χ4n) is 4.58. The van der Waals surface area contributed by atoms with Crippen molar-refractivity contribution in [3.63, 3.8) is 0 Å². The Morgan fingerprint density at radius 1 is 0.594 bits per heavy atom. The molecule has 6 N–H and O–H groups in total. The predicted molar refractivity (Wildman–Crippen MR) is 129 cm³/mol. The summed E-state index contributed by atoms with van der Waals surface area (Å²) in [5, 5.41) is 0. The maximum atomic E-state index is 6.42. The van der Waals surface area contributed by atoms with Crippen LogP contribution in [0.1, 0.15) is 27.8 Å². The Balaban J connectivity index is 1.76. The van der Waals surface area contributed by atoms with Crippen LogP contribution >= 0.6 is 0 Å². The molecule has 158 valence electrons. The van der Waals surface area contributed by atoms with E-state index in [4.69, 9.17) is 11.5 Å². The number of nitrogens with one attached hydrogen (secondary N) is 2. The molecule has 0 aromatic heterocycles. The quantitative estimate of drug-likeness (QED) is 0.373. The van der Waals surface area contributed by atoms with Crippen LogP contribution in [0.15, 0.2) is 120 Å². The molecule has 0 aliphatic carbocycles. The third-order valence-electron chi connectivity index (χ3n) is 6.06. The molecule has 5 heteroatoms. The standard InChI is InChI=1S/C27H25N5/c28-25-30-27(29,32-31-25)24-18-16-23(17-19-24)26(20-10-4-1-5-11-20,21-12-6-2-7-13-21)22-14-8-3-9-15-22/h1-19,32H,29H2,(H3,28,30,31). The van der Waals surface area contributed by atoms with Gasteiger partial charge in [-0.2, -0.15) is 5.43 Å². The predicted octanol–water partition coefficient (Wildman–Crippen LogP) is 3.56. The van der Waals surface area contributed by atoms with Crippen LogP contribution in [0.25, 0.3) is 0 Å². The molecule has 4 aromatic rings. The van der Waals surface area contributed by atoms with Gasteiger partial charge >= 0.3 is 0 Å². The van der Waals surface area contributed by atoms with E-state index in [1.165, 1.54) is 16.7 Å². The largest absolute Gasteiger partial charge is 0.369 e. The third kappa shape index (κ3) is 3.24. The Morgan fingerprint density at radius 2 is 1.00 bits per heavy atom. The number of hydrogen-bond donors (Lipinski definition) is 4. The average Bonchev–Trinajstić information content (AvgIpc) is 3.22. The van der Waals surface area contributed by atoms with E-state index in [1.54, 1.807) is 0 Å². The van der Waals surface area contributed by atoms with E-state index in [1.807, 2.05) is 30.3 Å². The van der Waals surface area contributed by atoms with Crippen molar-refractivity contribution in [3.8, 4) is 0 Å². The molecule has 1 heterocycles. The molecule has 32 heavy (non-hydrogen) atoms. The van der Waals surface area contributed by atoms with Crippen LogP contribution in [0.4, 0.5) is 0 Å². The van der Waals surface area contributed by atoms with Crippen molar-refractivity contribution in [2.75, 3.05) is 0 Å². The lowest BCUT2D eigenvalue weighted by atomic mass is 9.65. The molecule has 5 rings (SSSR count). The Bertz CT molecular complexity index is 1120. The number of nitrogens with two attached hydrogens (primary N) is 2. The molecule has 0 spiro atoms. The molecule has 4 aromatic carbocycles. The van der Waals surface area contributed by atoms with E-state index in [0.717, 1.165) is 11.1 Å². The van der Waals surface area contributed by atoms with E-state index in [0.29, 0.717) is 0 Å². The molecule has 1 unspecified atom stereocenters. The first-order valence-electron chi connectivity index (χ1n) is 10.6. The normalized spacial score (nSPS) is 18.1. The van der Waals surface area contributed by atoms with Gasteiger partial charge in [0, 0.05) is 5.56 Å². The monoisotopic (exact) mass is 419 g/mol. The van der Waals surface area contributed by atoms with Crippen molar-refractivity contribution in [2.24, 2.45) is 16.5 Å². The molecular formula is C27H25N5. The molecule has 1 aliphatic heterocycles. The summed E-state index contributed by atoms with van der Waals surface area (Å²) in [4.78, 5) is 4.31. The minimum atomic E-state index is -1.10. The third-order valence-corrected chi connectivity index (χ3v) is 6.06. The van der Waals surface area contributed by atoms with E-state index >= 15 is 0 Å². The second kappa shape index (κ2) is 7.96. The first kappa shape index (κ1) is 20.0. The van der Waals surface area contributed by atoms with Crippen LogP contribution in [0.5, 0.6) is 0 Å². The molecule has 0 bridgehead atoms. The van der Waals surface area contributed by atoms with Crippen LogP contribution in [-0.2, 0) is 11.2 Å². The summed E-state index contributed by atoms with van der Waals surface area (Å²) in [6.45, 7) is 0. The van der Waals surface area contributed by atoms with E-state index < -0.39 is 11.2 Å². The fourth-order valence-corrected chi connectivity index (χ4v) is 4.58. The number of hydrazine groups is 1. The highest BCUT2D eigenvalue weighted by atomic mass is 15.6. The van der Waals surface area contributed by atoms with Crippen LogP contribution in [0, 0.1) is 0 Å². The Labute approximate surface area is 187 Å². The summed E-state index contributed by atoms with van der Waals surface area (Å²) in [6, 6.07) is 40.1. The van der Waals surface area contributed by atoms with Crippen LogP contribution in [0.2, 0.25) is 0 Å². The zero-order chi connectivity index (χ0) is 22.0. The van der Waals surface area contributed by atoms with Gasteiger partial charge in [0.15, 0.2) is 0 Å². The van der Waals surface area contributed by atoms with E-state index in [9.17, 15) is 0 Å². The van der Waals surface area contributed by atoms with Crippen LogP contribution in [-0.4, -0.2) is 5.96 Å². The molecule has 0 saturated heterocycles. The summed E-state index contributed by atoms with van der Waals surface area (Å²) in [7, 11) is 0. The number of guanidine groups is 1. The number of aliphatic imine (C=N–C) groups is 1. The molecule has 0 radical (unpaired) electrons. The first-order valence-corrected chi connectivity index (χ1v) is 10.6. The lowest BCUT2D eigenvalue weighted by molar-refractivity contribution is 0.375. The van der Waals surface area contributed by atoms with Crippen LogP contribution in [0.3, 0.4) is 0 Å². The fraction of sp³-hybridized carbons (Fsp3) is 0.0741. The number of rotatable bonds is 5. The van der Waals surface area contributed by atoms with Gasteiger partial charge in [0.05, 0.1) is 5.41 Å². The second-order valence-electron chi connectivity index (χ2n) is 7.94. The molecule has 0 amide bonds. The molecular weight excluding hydrogens is 394 g/mol.